The summed E-state index contributed by atoms with van der Waals surface area (Å²) in [5, 5.41) is 23.0. The number of benzene rings is 4. The van der Waals surface area contributed by atoms with Crippen LogP contribution in [0.2, 0.25) is 10.2 Å². The van der Waals surface area contributed by atoms with Crippen LogP contribution in [0.4, 0.5) is 17.1 Å². The summed E-state index contributed by atoms with van der Waals surface area (Å²) in [6.07, 6.45) is 2.73. The SMILES string of the molecule is Cn1c(Cl)c(-c2ccc(Cl)cc2)c(-c2cccc(N3CCN(c4ccc(NS(=O)(=O)C5=CCC(NSc6ccccc6)C([N+](=O)[O-])=C5)cc4)CC3)c2)c1C(=O)O. The lowest BCUT2D eigenvalue weighted by Gasteiger charge is -2.37. The summed E-state index contributed by atoms with van der Waals surface area (Å²) >= 11 is 14.2. The van der Waals surface area contributed by atoms with E-state index >= 15 is 0 Å². The monoisotopic (exact) mass is 830 g/mol. The van der Waals surface area contributed by atoms with Crippen molar-refractivity contribution in [1.82, 2.24) is 9.29 Å². The molecule has 288 valence electrons. The first-order valence-corrected chi connectivity index (χ1v) is 20.6. The van der Waals surface area contributed by atoms with E-state index in [1.54, 1.807) is 31.3 Å². The summed E-state index contributed by atoms with van der Waals surface area (Å²) in [5.41, 5.74) is 4.66. The number of hydrogen-bond donors (Lipinski definition) is 3. The largest absolute Gasteiger partial charge is 0.477 e. The molecular formula is C40H36Cl2N6O6S2. The van der Waals surface area contributed by atoms with Gasteiger partial charge in [-0.2, -0.15) is 0 Å². The molecular weight excluding hydrogens is 796 g/mol. The number of sulfonamides is 1. The molecule has 5 aromatic rings. The van der Waals surface area contributed by atoms with Crippen molar-refractivity contribution in [2.75, 3.05) is 40.7 Å². The van der Waals surface area contributed by atoms with Crippen LogP contribution in [0.1, 0.15) is 16.9 Å². The highest BCUT2D eigenvalue weighted by Gasteiger charge is 2.32. The Labute approximate surface area is 338 Å². The number of nitrogens with one attached hydrogen (secondary N) is 2. The predicted molar refractivity (Wildman–Crippen MR) is 224 cm³/mol. The lowest BCUT2D eigenvalue weighted by atomic mass is 9.96. The van der Waals surface area contributed by atoms with Gasteiger partial charge in [0.25, 0.3) is 15.7 Å². The van der Waals surface area contributed by atoms with Crippen molar-refractivity contribution >= 4 is 68.2 Å². The number of hydrogen-bond acceptors (Lipinski definition) is 9. The van der Waals surface area contributed by atoms with E-state index in [2.05, 4.69) is 19.2 Å². The Hall–Kier alpha value is -5.25. The predicted octanol–water partition coefficient (Wildman–Crippen LogP) is 8.55. The van der Waals surface area contributed by atoms with Gasteiger partial charge >= 0.3 is 5.97 Å². The van der Waals surface area contributed by atoms with E-state index < -0.39 is 27.0 Å². The van der Waals surface area contributed by atoms with Crippen molar-refractivity contribution in [1.29, 1.82) is 0 Å². The number of nitrogens with zero attached hydrogens (tertiary/aromatic N) is 4. The number of halogens is 2. The third-order valence-corrected chi connectivity index (χ3v) is 12.7. The molecule has 1 fully saturated rings. The van der Waals surface area contributed by atoms with Gasteiger partial charge in [-0.3, -0.25) is 14.8 Å². The molecule has 1 aliphatic carbocycles. The Morgan fingerprint density at radius 2 is 1.52 bits per heavy atom. The second-order valence-corrected chi connectivity index (χ2v) is 16.6. The summed E-state index contributed by atoms with van der Waals surface area (Å²) in [5.74, 6) is -1.09. The maximum atomic E-state index is 13.3. The Morgan fingerprint density at radius 1 is 0.857 bits per heavy atom. The van der Waals surface area contributed by atoms with Crippen LogP contribution in [0.3, 0.4) is 0 Å². The number of nitro groups is 1. The number of piperazine rings is 1. The van der Waals surface area contributed by atoms with Gasteiger partial charge in [-0.25, -0.2) is 17.9 Å². The van der Waals surface area contributed by atoms with E-state index in [9.17, 15) is 28.4 Å². The van der Waals surface area contributed by atoms with Gasteiger partial charge in [-0.15, -0.1) is 0 Å². The minimum absolute atomic E-state index is 0.0838. The minimum Gasteiger partial charge on any atom is -0.477 e. The van der Waals surface area contributed by atoms with Gasteiger partial charge in [0.1, 0.15) is 16.9 Å². The molecule has 3 N–H and O–H groups in total. The minimum atomic E-state index is -4.09. The van der Waals surface area contributed by atoms with Crippen molar-refractivity contribution in [2.24, 2.45) is 7.05 Å². The fourth-order valence-corrected chi connectivity index (χ4v) is 9.22. The molecule has 1 saturated heterocycles. The average Bonchev–Trinajstić information content (AvgIpc) is 3.47. The molecule has 2 heterocycles. The van der Waals surface area contributed by atoms with Crippen LogP contribution in [0.5, 0.6) is 0 Å². The second-order valence-electron chi connectivity index (χ2n) is 13.2. The molecule has 0 saturated carbocycles. The molecule has 0 spiro atoms. The maximum absolute atomic E-state index is 13.3. The van der Waals surface area contributed by atoms with E-state index in [0.717, 1.165) is 33.5 Å². The molecule has 2 aliphatic rings. The third kappa shape index (κ3) is 8.30. The standard InChI is InChI=1S/C40H36Cl2N6O6S2/c1-45-38(40(49)50)36(37(39(45)42)26-10-12-28(41)13-11-26)27-6-5-7-31(24-27)47-22-20-46(21-23-47)30-16-14-29(15-17-30)44-56(53,54)33-18-19-34(35(25-33)48(51)52)43-55-32-8-3-2-4-9-32/h2-18,24-25,34,43-44H,19-23H2,1H3,(H,49,50). The van der Waals surface area contributed by atoms with Crippen molar-refractivity contribution in [2.45, 2.75) is 17.4 Å². The van der Waals surface area contributed by atoms with Gasteiger partial charge in [-0.1, -0.05) is 71.7 Å². The normalized spacial score (nSPS) is 15.9. The molecule has 4 aromatic carbocycles. The van der Waals surface area contributed by atoms with Crippen LogP contribution in [0.25, 0.3) is 22.3 Å². The molecule has 12 nitrogen and oxygen atoms in total. The summed E-state index contributed by atoms with van der Waals surface area (Å²) in [4.78, 5) is 29.0. The highest BCUT2D eigenvalue weighted by atomic mass is 35.5. The molecule has 16 heteroatoms. The van der Waals surface area contributed by atoms with Gasteiger partial charge < -0.3 is 19.5 Å². The van der Waals surface area contributed by atoms with Crippen molar-refractivity contribution in [3.8, 4) is 22.3 Å². The maximum Gasteiger partial charge on any atom is 0.353 e. The second kappa shape index (κ2) is 16.5. The van der Waals surface area contributed by atoms with E-state index in [1.807, 2.05) is 78.9 Å². The van der Waals surface area contributed by atoms with Crippen molar-refractivity contribution < 1.29 is 23.2 Å². The Bertz CT molecular complexity index is 2450. The highest BCUT2D eigenvalue weighted by molar-refractivity contribution is 7.97. The topological polar surface area (TPSA) is 150 Å². The summed E-state index contributed by atoms with van der Waals surface area (Å²) < 4.78 is 33.8. The van der Waals surface area contributed by atoms with Crippen LogP contribution in [0.15, 0.2) is 131 Å². The molecule has 0 bridgehead atoms. The zero-order chi connectivity index (χ0) is 39.6. The first-order chi connectivity index (χ1) is 26.9. The highest BCUT2D eigenvalue weighted by Crippen LogP contribution is 2.43. The van der Waals surface area contributed by atoms with Gasteiger partial charge in [0, 0.05) is 77.4 Å². The number of carboxylic acid groups (broad SMARTS) is 1. The van der Waals surface area contributed by atoms with E-state index in [0.29, 0.717) is 53.2 Å². The van der Waals surface area contributed by atoms with Crippen LogP contribution in [-0.2, 0) is 17.1 Å². The van der Waals surface area contributed by atoms with Crippen LogP contribution >= 0.6 is 35.1 Å². The number of rotatable bonds is 12. The molecule has 0 radical (unpaired) electrons. The molecule has 56 heavy (non-hydrogen) atoms. The van der Waals surface area contributed by atoms with E-state index in [4.69, 9.17) is 23.2 Å². The number of aromatic nitrogens is 1. The molecule has 7 rings (SSSR count). The van der Waals surface area contributed by atoms with Crippen molar-refractivity contribution in [3.63, 3.8) is 0 Å². The number of anilines is 3. The summed E-state index contributed by atoms with van der Waals surface area (Å²) in [6, 6.07) is 30.6. The summed E-state index contributed by atoms with van der Waals surface area (Å²) in [7, 11) is -2.45. The molecule has 1 aliphatic heterocycles. The lowest BCUT2D eigenvalue weighted by Crippen LogP contribution is -2.46. The molecule has 1 unspecified atom stereocenters. The Kier molecular flexibility index (Phi) is 11.5. The first kappa shape index (κ1) is 39.0. The van der Waals surface area contributed by atoms with Crippen LogP contribution < -0.4 is 19.2 Å². The fraction of sp³-hybridized carbons (Fsp3) is 0.175. The fourth-order valence-electron chi connectivity index (χ4n) is 6.87. The van der Waals surface area contributed by atoms with Gasteiger partial charge in [0.05, 0.1) is 9.83 Å². The zero-order valence-corrected chi connectivity index (χ0v) is 33.1. The van der Waals surface area contributed by atoms with E-state index in [-0.39, 0.29) is 22.7 Å². The van der Waals surface area contributed by atoms with Crippen LogP contribution in [-0.4, -0.2) is 61.2 Å². The van der Waals surface area contributed by atoms with Crippen LogP contribution in [0, 0.1) is 10.1 Å². The number of carbonyl (C=O) groups is 1. The zero-order valence-electron chi connectivity index (χ0n) is 29.9. The first-order valence-electron chi connectivity index (χ1n) is 17.5. The van der Waals surface area contributed by atoms with Crippen molar-refractivity contribution in [3.05, 3.63) is 152 Å². The van der Waals surface area contributed by atoms with Gasteiger partial charge in [-0.05, 0) is 90.2 Å². The molecule has 1 aromatic heterocycles. The smallest absolute Gasteiger partial charge is 0.353 e. The van der Waals surface area contributed by atoms with Gasteiger partial charge in [0.15, 0.2) is 0 Å². The number of allylic oxidation sites excluding steroid dienone is 1. The summed E-state index contributed by atoms with van der Waals surface area (Å²) in [6.45, 7) is 2.73. The number of aromatic carboxylic acids is 1. The Balaban J connectivity index is 1.01. The quantitative estimate of drug-likeness (QED) is 0.0634. The Morgan fingerprint density at radius 3 is 2.16 bits per heavy atom. The average molecular weight is 832 g/mol. The lowest BCUT2D eigenvalue weighted by molar-refractivity contribution is -0.430. The van der Waals surface area contributed by atoms with Gasteiger partial charge in [0.2, 0.25) is 0 Å². The third-order valence-electron chi connectivity index (χ3n) is 9.71. The molecule has 0 amide bonds. The number of carboxylic acids is 1. The van der Waals surface area contributed by atoms with E-state index in [1.165, 1.54) is 22.6 Å². The molecule has 1 atom stereocenters.